The summed E-state index contributed by atoms with van der Waals surface area (Å²) in [6.45, 7) is 3.92. The van der Waals surface area contributed by atoms with Gasteiger partial charge in [-0.3, -0.25) is 0 Å². The summed E-state index contributed by atoms with van der Waals surface area (Å²) < 4.78 is 19.0. The Labute approximate surface area is 140 Å². The van der Waals surface area contributed by atoms with Gasteiger partial charge in [0.25, 0.3) is 0 Å². The number of rotatable bonds is 4. The molecule has 0 spiro atoms. The van der Waals surface area contributed by atoms with E-state index in [0.717, 1.165) is 37.1 Å². The first-order valence-electron chi connectivity index (χ1n) is 8.10. The normalized spacial score (nSPS) is 17.0. The summed E-state index contributed by atoms with van der Waals surface area (Å²) in [4.78, 5) is 11.4. The molecule has 24 heavy (non-hydrogen) atoms. The highest BCUT2D eigenvalue weighted by atomic mass is 19.1. The van der Waals surface area contributed by atoms with E-state index in [2.05, 4.69) is 5.32 Å². The fourth-order valence-electron chi connectivity index (χ4n) is 3.29. The van der Waals surface area contributed by atoms with Gasteiger partial charge in [0.15, 0.2) is 0 Å². The average Bonchev–Trinajstić information content (AvgIpc) is 3.02. The Kier molecular flexibility index (Phi) is 4.81. The minimum Gasteiger partial charge on any atom is -0.410 e. The van der Waals surface area contributed by atoms with E-state index < -0.39 is 6.09 Å². The number of benzene rings is 2. The molecule has 1 saturated heterocycles. The highest BCUT2D eigenvalue weighted by molar-refractivity contribution is 5.78. The first-order chi connectivity index (χ1) is 11.5. The molecule has 1 atom stereocenters. The Balaban J connectivity index is 2.08. The van der Waals surface area contributed by atoms with Crippen LogP contribution in [0.4, 0.5) is 9.18 Å². The van der Waals surface area contributed by atoms with Crippen molar-refractivity contribution in [2.45, 2.75) is 19.8 Å². The van der Waals surface area contributed by atoms with Crippen LogP contribution in [0.15, 0.2) is 36.4 Å². The van der Waals surface area contributed by atoms with Gasteiger partial charge in [0, 0.05) is 5.56 Å². The number of halogens is 1. The van der Waals surface area contributed by atoms with E-state index in [4.69, 9.17) is 10.5 Å². The molecule has 0 aliphatic carbocycles. The van der Waals surface area contributed by atoms with Crippen molar-refractivity contribution in [3.63, 3.8) is 0 Å². The molecule has 1 aliphatic rings. The lowest BCUT2D eigenvalue weighted by atomic mass is 9.92. The molecule has 0 bridgehead atoms. The summed E-state index contributed by atoms with van der Waals surface area (Å²) in [5.41, 5.74) is 8.59. The molecule has 0 saturated carbocycles. The van der Waals surface area contributed by atoms with Gasteiger partial charge in [0.05, 0.1) is 0 Å². The number of amides is 1. The van der Waals surface area contributed by atoms with Crippen LogP contribution in [0.3, 0.4) is 0 Å². The van der Waals surface area contributed by atoms with Crippen molar-refractivity contribution < 1.29 is 13.9 Å². The van der Waals surface area contributed by atoms with Gasteiger partial charge in [0.1, 0.15) is 11.6 Å². The number of hydrogen-bond donors (Lipinski definition) is 2. The number of hydrogen-bond acceptors (Lipinski definition) is 3. The predicted molar refractivity (Wildman–Crippen MR) is 91.5 cm³/mol. The molecular formula is C19H21FN2O2. The topological polar surface area (TPSA) is 64.3 Å². The van der Waals surface area contributed by atoms with Crippen LogP contribution in [-0.2, 0) is 6.42 Å². The van der Waals surface area contributed by atoms with Gasteiger partial charge in [-0.1, -0.05) is 18.2 Å². The second-order valence-electron chi connectivity index (χ2n) is 6.30. The lowest BCUT2D eigenvalue weighted by Gasteiger charge is -2.17. The second kappa shape index (κ2) is 7.01. The molecular weight excluding hydrogens is 307 g/mol. The largest absolute Gasteiger partial charge is 0.410 e. The van der Waals surface area contributed by atoms with Crippen molar-refractivity contribution in [3.8, 4) is 16.9 Å². The zero-order valence-electron chi connectivity index (χ0n) is 13.6. The van der Waals surface area contributed by atoms with Crippen LogP contribution in [0, 0.1) is 18.7 Å². The summed E-state index contributed by atoms with van der Waals surface area (Å²) in [7, 11) is 0. The SMILES string of the molecule is Cc1cc(C[C@@H]2CCNC2)c(OC(N)=O)c(-c2cccc(F)c2)c1. The molecule has 4 nitrogen and oxygen atoms in total. The van der Waals surface area contributed by atoms with E-state index in [0.29, 0.717) is 22.8 Å². The number of ether oxygens (including phenoxy) is 1. The highest BCUT2D eigenvalue weighted by Crippen LogP contribution is 2.36. The minimum atomic E-state index is -0.859. The van der Waals surface area contributed by atoms with Crippen molar-refractivity contribution in [2.24, 2.45) is 11.7 Å². The van der Waals surface area contributed by atoms with E-state index in [1.165, 1.54) is 12.1 Å². The molecule has 1 aliphatic heterocycles. The third kappa shape index (κ3) is 3.74. The monoisotopic (exact) mass is 328 g/mol. The van der Waals surface area contributed by atoms with Gasteiger partial charge in [-0.25, -0.2) is 9.18 Å². The Morgan fingerprint density at radius 2 is 2.21 bits per heavy atom. The summed E-state index contributed by atoms with van der Waals surface area (Å²) in [6.07, 6.45) is 1.01. The Hall–Kier alpha value is -2.40. The molecule has 2 aromatic carbocycles. The van der Waals surface area contributed by atoms with E-state index >= 15 is 0 Å². The second-order valence-corrected chi connectivity index (χ2v) is 6.30. The van der Waals surface area contributed by atoms with E-state index in [-0.39, 0.29) is 5.82 Å². The number of carbonyl (C=O) groups excluding carboxylic acids is 1. The van der Waals surface area contributed by atoms with Crippen LogP contribution in [-0.4, -0.2) is 19.2 Å². The Morgan fingerprint density at radius 3 is 2.88 bits per heavy atom. The third-order valence-corrected chi connectivity index (χ3v) is 4.32. The number of carbonyl (C=O) groups is 1. The first-order valence-corrected chi connectivity index (χ1v) is 8.10. The smallest absolute Gasteiger partial charge is 0.409 e. The molecule has 2 aromatic rings. The van der Waals surface area contributed by atoms with Crippen molar-refractivity contribution in [2.75, 3.05) is 13.1 Å². The standard InChI is InChI=1S/C19H21FN2O2/c1-12-7-15(9-13-5-6-22-11-13)18(24-19(21)23)17(8-12)14-3-2-4-16(20)10-14/h2-4,7-8,10,13,22H,5-6,9,11H2,1H3,(H2,21,23)/t13-/m0/s1. The van der Waals surface area contributed by atoms with Crippen LogP contribution >= 0.6 is 0 Å². The van der Waals surface area contributed by atoms with Gasteiger partial charge in [0.2, 0.25) is 0 Å². The van der Waals surface area contributed by atoms with E-state index in [9.17, 15) is 9.18 Å². The molecule has 0 unspecified atom stereocenters. The molecule has 0 aromatic heterocycles. The van der Waals surface area contributed by atoms with Gasteiger partial charge in [-0.15, -0.1) is 0 Å². The molecule has 126 valence electrons. The number of nitrogens with two attached hydrogens (primary N) is 1. The lowest BCUT2D eigenvalue weighted by Crippen LogP contribution is -2.19. The molecule has 0 radical (unpaired) electrons. The molecule has 1 fully saturated rings. The maximum Gasteiger partial charge on any atom is 0.409 e. The van der Waals surface area contributed by atoms with Crippen molar-refractivity contribution >= 4 is 6.09 Å². The number of primary amides is 1. The average molecular weight is 328 g/mol. The fraction of sp³-hybridized carbons (Fsp3) is 0.316. The minimum absolute atomic E-state index is 0.333. The first kappa shape index (κ1) is 16.5. The Bertz CT molecular complexity index is 755. The van der Waals surface area contributed by atoms with Crippen LogP contribution in [0.25, 0.3) is 11.1 Å². The molecule has 3 N–H and O–H groups in total. The van der Waals surface area contributed by atoms with Crippen LogP contribution in [0.5, 0.6) is 5.75 Å². The molecule has 1 amide bonds. The van der Waals surface area contributed by atoms with Gasteiger partial charge < -0.3 is 15.8 Å². The van der Waals surface area contributed by atoms with Gasteiger partial charge in [-0.05, 0) is 73.7 Å². The summed E-state index contributed by atoms with van der Waals surface area (Å²) in [6, 6.07) is 10.2. The number of nitrogens with one attached hydrogen (secondary N) is 1. The quantitative estimate of drug-likeness (QED) is 0.904. The highest BCUT2D eigenvalue weighted by Gasteiger charge is 2.21. The molecule has 1 heterocycles. The Morgan fingerprint density at radius 1 is 1.38 bits per heavy atom. The van der Waals surface area contributed by atoms with Crippen LogP contribution in [0.1, 0.15) is 17.5 Å². The van der Waals surface area contributed by atoms with E-state index in [1.807, 2.05) is 19.1 Å². The van der Waals surface area contributed by atoms with Crippen molar-refractivity contribution in [3.05, 3.63) is 53.3 Å². The van der Waals surface area contributed by atoms with Gasteiger partial charge in [-0.2, -0.15) is 0 Å². The van der Waals surface area contributed by atoms with Crippen LogP contribution in [0.2, 0.25) is 0 Å². The van der Waals surface area contributed by atoms with Crippen LogP contribution < -0.4 is 15.8 Å². The maximum absolute atomic E-state index is 13.6. The lowest BCUT2D eigenvalue weighted by molar-refractivity contribution is 0.210. The van der Waals surface area contributed by atoms with Crippen molar-refractivity contribution in [1.29, 1.82) is 0 Å². The van der Waals surface area contributed by atoms with Gasteiger partial charge >= 0.3 is 6.09 Å². The summed E-state index contributed by atoms with van der Waals surface area (Å²) in [5.74, 6) is 0.591. The summed E-state index contributed by atoms with van der Waals surface area (Å²) in [5, 5.41) is 3.34. The fourth-order valence-corrected chi connectivity index (χ4v) is 3.29. The zero-order valence-corrected chi connectivity index (χ0v) is 13.6. The maximum atomic E-state index is 13.6. The molecule has 5 heteroatoms. The predicted octanol–water partition coefficient (Wildman–Crippen LogP) is 3.41. The molecule has 3 rings (SSSR count). The zero-order chi connectivity index (χ0) is 17.1. The van der Waals surface area contributed by atoms with Crippen molar-refractivity contribution in [1.82, 2.24) is 5.32 Å². The van der Waals surface area contributed by atoms with E-state index in [1.54, 1.807) is 12.1 Å². The third-order valence-electron chi connectivity index (χ3n) is 4.32. The number of aryl methyl sites for hydroxylation is 1. The summed E-state index contributed by atoms with van der Waals surface area (Å²) >= 11 is 0.